The average Bonchev–Trinajstić information content (AvgIpc) is 2.36. The Morgan fingerprint density at radius 2 is 2.00 bits per heavy atom. The highest BCUT2D eigenvalue weighted by Crippen LogP contribution is 2.15. The monoisotopic (exact) mass is 249 g/mol. The molecule has 2 unspecified atom stereocenters. The molecule has 1 fully saturated rings. The molecule has 1 aromatic heterocycles. The highest BCUT2D eigenvalue weighted by molar-refractivity contribution is 5.23. The van der Waals surface area contributed by atoms with Crippen LogP contribution in [0.3, 0.4) is 0 Å². The molecule has 5 nitrogen and oxygen atoms in total. The second-order valence-corrected chi connectivity index (χ2v) is 5.18. The Kier molecular flexibility index (Phi) is 4.14. The summed E-state index contributed by atoms with van der Waals surface area (Å²) in [7, 11) is 4.05. The van der Waals surface area contributed by atoms with Gasteiger partial charge in [-0.15, -0.1) is 0 Å². The first-order chi connectivity index (χ1) is 8.60. The summed E-state index contributed by atoms with van der Waals surface area (Å²) in [5.41, 5.74) is 1.08. The zero-order chi connectivity index (χ0) is 13.1. The van der Waals surface area contributed by atoms with Gasteiger partial charge in [-0.2, -0.15) is 0 Å². The zero-order valence-electron chi connectivity index (χ0n) is 11.7. The van der Waals surface area contributed by atoms with Crippen LogP contribution in [0.4, 0.5) is 5.95 Å². The summed E-state index contributed by atoms with van der Waals surface area (Å²) >= 11 is 0. The lowest BCUT2D eigenvalue weighted by atomic mass is 10.1. The summed E-state index contributed by atoms with van der Waals surface area (Å²) in [6, 6.07) is 3.19. The molecule has 0 radical (unpaired) electrons. The van der Waals surface area contributed by atoms with Gasteiger partial charge in [0.05, 0.1) is 5.69 Å². The molecule has 2 rings (SSSR count). The van der Waals surface area contributed by atoms with Crippen molar-refractivity contribution in [2.24, 2.45) is 0 Å². The molecule has 5 heteroatoms. The van der Waals surface area contributed by atoms with E-state index in [2.05, 4.69) is 46.0 Å². The molecule has 2 atom stereocenters. The lowest BCUT2D eigenvalue weighted by molar-refractivity contribution is 0.0549. The predicted octanol–water partition coefficient (Wildman–Crippen LogP) is 1.04. The maximum absolute atomic E-state index is 4.48. The fourth-order valence-electron chi connectivity index (χ4n) is 2.48. The molecule has 100 valence electrons. The van der Waals surface area contributed by atoms with Crippen LogP contribution >= 0.6 is 0 Å². The number of piperazine rings is 1. The van der Waals surface area contributed by atoms with E-state index in [0.717, 1.165) is 25.3 Å². The largest absolute Gasteiger partial charge is 0.357 e. The van der Waals surface area contributed by atoms with Crippen LogP contribution in [0.1, 0.15) is 19.5 Å². The molecule has 1 aliphatic rings. The van der Waals surface area contributed by atoms with Gasteiger partial charge in [0.1, 0.15) is 0 Å². The van der Waals surface area contributed by atoms with Crippen molar-refractivity contribution < 1.29 is 0 Å². The fourth-order valence-corrected chi connectivity index (χ4v) is 2.48. The van der Waals surface area contributed by atoms with Gasteiger partial charge in [-0.1, -0.05) is 0 Å². The van der Waals surface area contributed by atoms with Crippen molar-refractivity contribution in [2.75, 3.05) is 32.5 Å². The minimum absolute atomic E-state index is 0.597. The van der Waals surface area contributed by atoms with Gasteiger partial charge in [0.2, 0.25) is 5.95 Å². The van der Waals surface area contributed by atoms with Gasteiger partial charge < -0.3 is 5.32 Å². The molecule has 1 aliphatic heterocycles. The van der Waals surface area contributed by atoms with Crippen molar-refractivity contribution in [1.82, 2.24) is 19.8 Å². The Morgan fingerprint density at radius 1 is 1.33 bits per heavy atom. The average molecular weight is 249 g/mol. The zero-order valence-corrected chi connectivity index (χ0v) is 11.7. The number of likely N-dealkylation sites (N-methyl/N-ethyl adjacent to an activating group) is 1. The van der Waals surface area contributed by atoms with Crippen LogP contribution in [0.15, 0.2) is 12.3 Å². The van der Waals surface area contributed by atoms with Crippen molar-refractivity contribution in [3.63, 3.8) is 0 Å². The maximum Gasteiger partial charge on any atom is 0.222 e. The summed E-state index contributed by atoms with van der Waals surface area (Å²) in [6.45, 7) is 7.66. The number of hydrogen-bond donors (Lipinski definition) is 1. The highest BCUT2D eigenvalue weighted by Gasteiger charge is 2.26. The van der Waals surface area contributed by atoms with Gasteiger partial charge in [0.15, 0.2) is 0 Å². The van der Waals surface area contributed by atoms with E-state index in [1.165, 1.54) is 0 Å². The van der Waals surface area contributed by atoms with Crippen molar-refractivity contribution in [3.8, 4) is 0 Å². The summed E-state index contributed by atoms with van der Waals surface area (Å²) in [4.78, 5) is 13.5. The lowest BCUT2D eigenvalue weighted by Crippen LogP contribution is -2.54. The smallest absolute Gasteiger partial charge is 0.222 e. The van der Waals surface area contributed by atoms with Gasteiger partial charge in [-0.05, 0) is 27.0 Å². The van der Waals surface area contributed by atoms with Crippen molar-refractivity contribution >= 4 is 5.95 Å². The van der Waals surface area contributed by atoms with Crippen molar-refractivity contribution in [1.29, 1.82) is 0 Å². The van der Waals surface area contributed by atoms with Crippen LogP contribution in [0, 0.1) is 0 Å². The molecule has 0 saturated carbocycles. The van der Waals surface area contributed by atoms with Crippen LogP contribution < -0.4 is 5.32 Å². The number of nitrogens with zero attached hydrogens (tertiary/aromatic N) is 4. The standard InChI is InChI=1S/C13H23N5/c1-10-7-18(8-11(2)17(10)4)9-12-5-6-15-13(14-3)16-12/h5-6,10-11H,7-9H2,1-4H3,(H,14,15,16). The maximum atomic E-state index is 4.48. The Labute approximate surface area is 109 Å². The van der Waals surface area contributed by atoms with Gasteiger partial charge in [0.25, 0.3) is 0 Å². The van der Waals surface area contributed by atoms with E-state index >= 15 is 0 Å². The quantitative estimate of drug-likeness (QED) is 0.867. The van der Waals surface area contributed by atoms with E-state index in [-0.39, 0.29) is 0 Å². The second kappa shape index (κ2) is 5.63. The molecular weight excluding hydrogens is 226 g/mol. The van der Waals surface area contributed by atoms with E-state index in [0.29, 0.717) is 18.0 Å². The van der Waals surface area contributed by atoms with E-state index in [9.17, 15) is 0 Å². The Morgan fingerprint density at radius 3 is 2.61 bits per heavy atom. The molecule has 0 amide bonds. The molecule has 18 heavy (non-hydrogen) atoms. The first-order valence-corrected chi connectivity index (χ1v) is 6.54. The number of anilines is 1. The third kappa shape index (κ3) is 2.97. The minimum atomic E-state index is 0.597. The molecule has 0 bridgehead atoms. The topological polar surface area (TPSA) is 44.3 Å². The number of aromatic nitrogens is 2. The van der Waals surface area contributed by atoms with E-state index < -0.39 is 0 Å². The Balaban J connectivity index is 2.00. The lowest BCUT2D eigenvalue weighted by Gasteiger charge is -2.42. The molecule has 0 aromatic carbocycles. The third-order valence-electron chi connectivity index (χ3n) is 3.76. The van der Waals surface area contributed by atoms with Crippen molar-refractivity contribution in [3.05, 3.63) is 18.0 Å². The summed E-state index contributed by atoms with van der Waals surface area (Å²) in [6.07, 6.45) is 1.82. The highest BCUT2D eigenvalue weighted by atomic mass is 15.3. The predicted molar refractivity (Wildman–Crippen MR) is 73.5 cm³/mol. The minimum Gasteiger partial charge on any atom is -0.357 e. The Bertz CT molecular complexity index is 383. The number of hydrogen-bond acceptors (Lipinski definition) is 5. The van der Waals surface area contributed by atoms with Gasteiger partial charge >= 0.3 is 0 Å². The van der Waals surface area contributed by atoms with Crippen LogP contribution in [0.2, 0.25) is 0 Å². The first-order valence-electron chi connectivity index (χ1n) is 6.54. The third-order valence-corrected chi connectivity index (χ3v) is 3.76. The van der Waals surface area contributed by atoms with E-state index in [1.807, 2.05) is 19.3 Å². The first kappa shape index (κ1) is 13.2. The van der Waals surface area contributed by atoms with Crippen LogP contribution in [0.5, 0.6) is 0 Å². The SMILES string of the molecule is CNc1nccc(CN2CC(C)N(C)C(C)C2)n1. The van der Waals surface area contributed by atoms with Crippen molar-refractivity contribution in [2.45, 2.75) is 32.5 Å². The van der Waals surface area contributed by atoms with Crippen LogP contribution in [-0.2, 0) is 6.54 Å². The molecule has 1 aromatic rings. The normalized spacial score (nSPS) is 26.2. The molecule has 1 N–H and O–H groups in total. The molecular formula is C13H23N5. The molecule has 1 saturated heterocycles. The molecule has 0 aliphatic carbocycles. The Hall–Kier alpha value is -1.20. The molecule has 0 spiro atoms. The van der Waals surface area contributed by atoms with Gasteiger partial charge in [0, 0.05) is 45.0 Å². The summed E-state index contributed by atoms with van der Waals surface area (Å²) in [5.74, 6) is 0.697. The van der Waals surface area contributed by atoms with E-state index in [4.69, 9.17) is 0 Å². The summed E-state index contributed by atoms with van der Waals surface area (Å²) in [5, 5.41) is 2.98. The van der Waals surface area contributed by atoms with E-state index in [1.54, 1.807) is 0 Å². The fraction of sp³-hybridized carbons (Fsp3) is 0.692. The van der Waals surface area contributed by atoms with Gasteiger partial charge in [-0.3, -0.25) is 9.80 Å². The second-order valence-electron chi connectivity index (χ2n) is 5.18. The van der Waals surface area contributed by atoms with Crippen LogP contribution in [-0.4, -0.2) is 59.0 Å². The summed E-state index contributed by atoms with van der Waals surface area (Å²) < 4.78 is 0. The van der Waals surface area contributed by atoms with Crippen LogP contribution in [0.25, 0.3) is 0 Å². The number of nitrogens with one attached hydrogen (secondary N) is 1. The van der Waals surface area contributed by atoms with Gasteiger partial charge in [-0.25, -0.2) is 9.97 Å². The number of rotatable bonds is 3. The molecule has 2 heterocycles.